The predicted octanol–water partition coefficient (Wildman–Crippen LogP) is 8.64. The van der Waals surface area contributed by atoms with Crippen molar-refractivity contribution in [2.75, 3.05) is 5.32 Å². The van der Waals surface area contributed by atoms with E-state index in [0.717, 1.165) is 70.0 Å². The van der Waals surface area contributed by atoms with E-state index in [1.54, 1.807) is 6.07 Å². The maximum Gasteiger partial charge on any atom is 0.146 e. The summed E-state index contributed by atoms with van der Waals surface area (Å²) in [5.74, 6) is 0.478. The fourth-order valence-corrected chi connectivity index (χ4v) is 5.68. The molecule has 2 aromatic carbocycles. The summed E-state index contributed by atoms with van der Waals surface area (Å²) in [6.07, 6.45) is 15.5. The molecule has 0 amide bonds. The van der Waals surface area contributed by atoms with Crippen LogP contribution in [-0.4, -0.2) is 19.7 Å². The molecule has 1 atom stereocenters. The molecule has 3 heterocycles. The maximum absolute atomic E-state index is 15.2. The molecule has 6 rings (SSSR count). The molecule has 1 fully saturated rings. The van der Waals surface area contributed by atoms with E-state index in [0.29, 0.717) is 11.4 Å². The molecule has 1 aliphatic heterocycles. The van der Waals surface area contributed by atoms with E-state index in [2.05, 4.69) is 53.6 Å². The van der Waals surface area contributed by atoms with E-state index in [9.17, 15) is 0 Å². The van der Waals surface area contributed by atoms with Crippen molar-refractivity contribution in [1.29, 1.82) is 0 Å². The van der Waals surface area contributed by atoms with Gasteiger partial charge in [0.25, 0.3) is 0 Å². The molecule has 5 nitrogen and oxygen atoms in total. The van der Waals surface area contributed by atoms with E-state index in [-0.39, 0.29) is 11.9 Å². The monoisotopic (exact) mass is 545 g/mol. The molecular weight excluding hydrogens is 509 g/mol. The molecule has 1 saturated carbocycles. The molecule has 0 saturated heterocycles. The first-order valence-corrected chi connectivity index (χ1v) is 14.4. The fourth-order valence-electron chi connectivity index (χ4n) is 5.68. The Balaban J connectivity index is 1.31. The summed E-state index contributed by atoms with van der Waals surface area (Å²) < 4.78 is 17.1. The van der Waals surface area contributed by atoms with Crippen LogP contribution in [0.25, 0.3) is 22.2 Å². The van der Waals surface area contributed by atoms with E-state index in [1.165, 1.54) is 12.8 Å². The Morgan fingerprint density at radius 3 is 2.76 bits per heavy atom. The van der Waals surface area contributed by atoms with Crippen molar-refractivity contribution in [3.05, 3.63) is 126 Å². The first-order valence-electron chi connectivity index (χ1n) is 14.4. The summed E-state index contributed by atoms with van der Waals surface area (Å²) in [5.41, 5.74) is 6.53. The topological polar surface area (TPSA) is 46.0 Å². The molecule has 41 heavy (non-hydrogen) atoms. The van der Waals surface area contributed by atoms with Crippen LogP contribution < -0.4 is 5.32 Å². The summed E-state index contributed by atoms with van der Waals surface area (Å²) in [5, 5.41) is 10.3. The van der Waals surface area contributed by atoms with Gasteiger partial charge >= 0.3 is 0 Å². The van der Waals surface area contributed by atoms with Crippen LogP contribution in [0.2, 0.25) is 0 Å². The summed E-state index contributed by atoms with van der Waals surface area (Å²) in [4.78, 5) is 6.76. The van der Waals surface area contributed by atoms with Crippen LogP contribution in [0.1, 0.15) is 61.3 Å². The average Bonchev–Trinajstić information content (AvgIpc) is 3.73. The summed E-state index contributed by atoms with van der Waals surface area (Å²) >= 11 is 0. The zero-order valence-corrected chi connectivity index (χ0v) is 23.8. The third kappa shape index (κ3) is 5.60. The number of nitrogens with zero attached hydrogens (tertiary/aromatic N) is 4. The summed E-state index contributed by atoms with van der Waals surface area (Å²) in [6.45, 7) is 12.6. The lowest BCUT2D eigenvalue weighted by molar-refractivity contribution is 0.323. The van der Waals surface area contributed by atoms with Crippen molar-refractivity contribution in [2.24, 2.45) is 5.92 Å². The highest BCUT2D eigenvalue weighted by Gasteiger charge is 2.27. The molecule has 1 N–H and O–H groups in total. The Bertz CT molecular complexity index is 1690. The van der Waals surface area contributed by atoms with Crippen molar-refractivity contribution >= 4 is 22.2 Å². The van der Waals surface area contributed by atoms with E-state index < -0.39 is 0 Å². The van der Waals surface area contributed by atoms with Gasteiger partial charge in [-0.3, -0.25) is 4.98 Å². The molecule has 1 aliphatic carbocycles. The molecule has 0 spiro atoms. The van der Waals surface area contributed by atoms with E-state index in [4.69, 9.17) is 5.10 Å². The zero-order valence-electron chi connectivity index (χ0n) is 23.8. The number of allylic oxidation sites excluding steroid dienone is 3. The Morgan fingerprint density at radius 2 is 1.98 bits per heavy atom. The number of aryl methyl sites for hydroxylation is 2. The number of pyridine rings is 1. The quantitative estimate of drug-likeness (QED) is 0.217. The second-order valence-electron chi connectivity index (χ2n) is 11.1. The molecular formula is C35H36FN5. The molecule has 208 valence electrons. The third-order valence-electron chi connectivity index (χ3n) is 8.07. The Hall–Kier alpha value is -4.45. The minimum atomic E-state index is -0.323. The number of hydrogen-bond donors (Lipinski definition) is 1. The van der Waals surface area contributed by atoms with Gasteiger partial charge in [0, 0.05) is 29.2 Å². The minimum absolute atomic E-state index is 0.0745. The van der Waals surface area contributed by atoms with Crippen LogP contribution in [0, 0.1) is 18.7 Å². The van der Waals surface area contributed by atoms with Crippen molar-refractivity contribution in [3.63, 3.8) is 0 Å². The van der Waals surface area contributed by atoms with Crippen LogP contribution in [0.3, 0.4) is 0 Å². The summed E-state index contributed by atoms with van der Waals surface area (Å²) in [7, 11) is 0. The number of halogens is 1. The van der Waals surface area contributed by atoms with Gasteiger partial charge < -0.3 is 10.2 Å². The average molecular weight is 546 g/mol. The number of anilines is 1. The SMILES string of the molecule is C=C(Nc1cc(C(CCC2CC2)N2C=CC=CC2=C)ccc1F)c1cc(C)nn1-c1ccc2ccnc(CC)c2c1. The van der Waals surface area contributed by atoms with Crippen molar-refractivity contribution < 1.29 is 4.39 Å². The molecule has 1 unspecified atom stereocenters. The van der Waals surface area contributed by atoms with Crippen LogP contribution in [0.4, 0.5) is 10.1 Å². The lowest BCUT2D eigenvalue weighted by Gasteiger charge is -2.33. The van der Waals surface area contributed by atoms with Gasteiger partial charge in [0.05, 0.1) is 34.5 Å². The standard InChI is InChI=1S/C35H36FN5/c1-5-32-30-22-29(14-12-27(30)17-18-37-32)41-35(20-23(2)39-41)25(4)38-33-21-28(13-15-31(33)36)34(16-11-26-9-10-26)40-19-7-6-8-24(40)3/h6-8,12-15,17-22,26,34,38H,3-5,9-11,16H2,1-2H3. The summed E-state index contributed by atoms with van der Waals surface area (Å²) in [6, 6.07) is 15.7. The highest BCUT2D eigenvalue weighted by Crippen LogP contribution is 2.40. The number of nitrogens with one attached hydrogen (secondary N) is 1. The van der Waals surface area contributed by atoms with Crippen LogP contribution in [0.15, 0.2) is 98.0 Å². The Labute approximate surface area is 241 Å². The van der Waals surface area contributed by atoms with Gasteiger partial charge in [0.2, 0.25) is 0 Å². The lowest BCUT2D eigenvalue weighted by atomic mass is 9.97. The van der Waals surface area contributed by atoms with Gasteiger partial charge in [-0.2, -0.15) is 5.10 Å². The van der Waals surface area contributed by atoms with Crippen LogP contribution in [-0.2, 0) is 6.42 Å². The van der Waals surface area contributed by atoms with Gasteiger partial charge in [0.1, 0.15) is 5.82 Å². The maximum atomic E-state index is 15.2. The van der Waals surface area contributed by atoms with Crippen molar-refractivity contribution in [3.8, 4) is 5.69 Å². The Kier molecular flexibility index (Phi) is 7.31. The van der Waals surface area contributed by atoms with Gasteiger partial charge in [-0.15, -0.1) is 0 Å². The predicted molar refractivity (Wildman–Crippen MR) is 166 cm³/mol. The minimum Gasteiger partial charge on any atom is -0.352 e. The zero-order chi connectivity index (χ0) is 28.5. The third-order valence-corrected chi connectivity index (χ3v) is 8.07. The van der Waals surface area contributed by atoms with Crippen molar-refractivity contribution in [1.82, 2.24) is 19.7 Å². The fraction of sp³-hybridized carbons (Fsp3) is 0.257. The molecule has 2 aromatic heterocycles. The van der Waals surface area contributed by atoms with Gasteiger partial charge in [0.15, 0.2) is 0 Å². The smallest absolute Gasteiger partial charge is 0.146 e. The van der Waals surface area contributed by atoms with E-state index in [1.807, 2.05) is 66.4 Å². The number of benzene rings is 2. The number of rotatable bonds is 10. The number of fused-ring (bicyclic) bond motifs is 1. The normalized spacial score (nSPS) is 15.5. The highest BCUT2D eigenvalue weighted by molar-refractivity contribution is 5.86. The van der Waals surface area contributed by atoms with E-state index >= 15 is 4.39 Å². The number of aromatic nitrogens is 3. The highest BCUT2D eigenvalue weighted by atomic mass is 19.1. The lowest BCUT2D eigenvalue weighted by Crippen LogP contribution is -2.23. The molecule has 6 heteroatoms. The molecule has 4 aromatic rings. The second kappa shape index (κ2) is 11.2. The van der Waals surface area contributed by atoms with Crippen LogP contribution in [0.5, 0.6) is 0 Å². The van der Waals surface area contributed by atoms with Gasteiger partial charge in [-0.25, -0.2) is 9.07 Å². The first-order chi connectivity index (χ1) is 19.9. The molecule has 0 bridgehead atoms. The first kappa shape index (κ1) is 26.8. The molecule has 0 radical (unpaired) electrons. The van der Waals surface area contributed by atoms with Crippen molar-refractivity contribution in [2.45, 2.75) is 52.0 Å². The largest absolute Gasteiger partial charge is 0.352 e. The van der Waals surface area contributed by atoms with Crippen LogP contribution >= 0.6 is 0 Å². The van der Waals surface area contributed by atoms with Gasteiger partial charge in [-0.05, 0) is 91.6 Å². The second-order valence-corrected chi connectivity index (χ2v) is 11.1. The number of hydrogen-bond acceptors (Lipinski definition) is 4. The Morgan fingerprint density at radius 1 is 1.12 bits per heavy atom. The van der Waals surface area contributed by atoms with Gasteiger partial charge in [-0.1, -0.05) is 51.1 Å². The molecule has 2 aliphatic rings.